The molecule has 0 aliphatic rings. The monoisotopic (exact) mass is 464 g/mol. The number of amides is 1. The largest absolute Gasteiger partial charge is 0.457 e. The van der Waals surface area contributed by atoms with Crippen LogP contribution in [0.25, 0.3) is 0 Å². The molecule has 3 rings (SSSR count). The number of nitrogens with one attached hydrogen (secondary N) is 1. The van der Waals surface area contributed by atoms with Gasteiger partial charge >= 0.3 is 0 Å². The summed E-state index contributed by atoms with van der Waals surface area (Å²) >= 11 is 12.0. The molecule has 1 N–H and O–H groups in total. The molecule has 0 atom stereocenters. The van der Waals surface area contributed by atoms with E-state index in [1.54, 1.807) is 24.3 Å². The molecule has 0 radical (unpaired) electrons. The molecule has 0 saturated heterocycles. The topological polar surface area (TPSA) is 75.7 Å². The Morgan fingerprint density at radius 3 is 2.20 bits per heavy atom. The number of para-hydroxylation sites is 1. The van der Waals surface area contributed by atoms with E-state index in [4.69, 9.17) is 27.9 Å². The van der Waals surface area contributed by atoms with E-state index in [1.807, 2.05) is 30.3 Å². The first kappa shape index (κ1) is 22.0. The summed E-state index contributed by atoms with van der Waals surface area (Å²) in [5.74, 6) is 0.769. The van der Waals surface area contributed by atoms with Crippen LogP contribution in [0.4, 0.5) is 11.4 Å². The molecule has 0 saturated carbocycles. The molecule has 9 heteroatoms. The number of carbonyl (C=O) groups is 1. The lowest BCUT2D eigenvalue weighted by Gasteiger charge is -2.23. The number of hydrogen-bond acceptors (Lipinski definition) is 4. The predicted octanol–water partition coefficient (Wildman–Crippen LogP) is 5.19. The summed E-state index contributed by atoms with van der Waals surface area (Å²) in [7, 11) is -3.76. The van der Waals surface area contributed by atoms with Gasteiger partial charge in [0.15, 0.2) is 0 Å². The third-order valence-corrected chi connectivity index (χ3v) is 5.65. The minimum Gasteiger partial charge on any atom is -0.457 e. The van der Waals surface area contributed by atoms with Gasteiger partial charge in [0.05, 0.1) is 17.0 Å². The third kappa shape index (κ3) is 5.89. The highest BCUT2D eigenvalue weighted by molar-refractivity contribution is 7.92. The van der Waals surface area contributed by atoms with Crippen LogP contribution in [0.15, 0.2) is 72.8 Å². The summed E-state index contributed by atoms with van der Waals surface area (Å²) in [6, 6.07) is 20.4. The first-order valence-electron chi connectivity index (χ1n) is 8.78. The SMILES string of the molecule is CS(=O)(=O)N(CC(=O)Nc1ccc(Oc2ccccc2)cc1)c1ccc(Cl)cc1Cl. The summed E-state index contributed by atoms with van der Waals surface area (Å²) < 4.78 is 31.1. The molecule has 156 valence electrons. The van der Waals surface area contributed by atoms with Crippen molar-refractivity contribution in [1.82, 2.24) is 0 Å². The van der Waals surface area contributed by atoms with Gasteiger partial charge in [-0.3, -0.25) is 9.10 Å². The maximum absolute atomic E-state index is 12.5. The molecule has 0 aromatic heterocycles. The summed E-state index contributed by atoms with van der Waals surface area (Å²) in [5.41, 5.74) is 0.668. The summed E-state index contributed by atoms with van der Waals surface area (Å²) in [5, 5.41) is 3.15. The minimum atomic E-state index is -3.76. The van der Waals surface area contributed by atoms with Gasteiger partial charge in [-0.15, -0.1) is 0 Å². The highest BCUT2D eigenvalue weighted by Crippen LogP contribution is 2.30. The van der Waals surface area contributed by atoms with Crippen LogP contribution < -0.4 is 14.4 Å². The van der Waals surface area contributed by atoms with Crippen molar-refractivity contribution in [2.24, 2.45) is 0 Å². The van der Waals surface area contributed by atoms with Crippen molar-refractivity contribution in [3.63, 3.8) is 0 Å². The van der Waals surface area contributed by atoms with Crippen molar-refractivity contribution in [3.8, 4) is 11.5 Å². The summed E-state index contributed by atoms with van der Waals surface area (Å²) in [4.78, 5) is 12.5. The van der Waals surface area contributed by atoms with Crippen LogP contribution in [0, 0.1) is 0 Å². The van der Waals surface area contributed by atoms with E-state index in [1.165, 1.54) is 18.2 Å². The zero-order valence-corrected chi connectivity index (χ0v) is 18.2. The third-order valence-electron chi connectivity index (χ3n) is 3.98. The molecule has 30 heavy (non-hydrogen) atoms. The molecule has 3 aromatic carbocycles. The Kier molecular flexibility index (Phi) is 6.87. The number of rotatable bonds is 7. The van der Waals surface area contributed by atoms with E-state index >= 15 is 0 Å². The Morgan fingerprint density at radius 2 is 1.60 bits per heavy atom. The molecule has 0 heterocycles. The van der Waals surface area contributed by atoms with Crippen LogP contribution in [0.3, 0.4) is 0 Å². The number of benzene rings is 3. The lowest BCUT2D eigenvalue weighted by atomic mass is 10.3. The van der Waals surface area contributed by atoms with Crippen LogP contribution in [-0.4, -0.2) is 27.1 Å². The molecule has 0 aliphatic carbocycles. The molecule has 0 aliphatic heterocycles. The molecule has 6 nitrogen and oxygen atoms in total. The van der Waals surface area contributed by atoms with Crippen molar-refractivity contribution in [1.29, 1.82) is 0 Å². The summed E-state index contributed by atoms with van der Waals surface area (Å²) in [6.45, 7) is -0.442. The Hall–Kier alpha value is -2.74. The lowest BCUT2D eigenvalue weighted by molar-refractivity contribution is -0.114. The van der Waals surface area contributed by atoms with Gasteiger partial charge in [-0.25, -0.2) is 8.42 Å². The van der Waals surface area contributed by atoms with Gasteiger partial charge < -0.3 is 10.1 Å². The zero-order chi connectivity index (χ0) is 21.7. The van der Waals surface area contributed by atoms with E-state index in [-0.39, 0.29) is 10.7 Å². The standard InChI is InChI=1S/C21H18Cl2N2O4S/c1-30(27,28)25(20-12-7-15(22)13-19(20)23)14-21(26)24-16-8-10-18(11-9-16)29-17-5-3-2-4-6-17/h2-13H,14H2,1H3,(H,24,26). The van der Waals surface area contributed by atoms with Gasteiger partial charge in [0.2, 0.25) is 15.9 Å². The van der Waals surface area contributed by atoms with Crippen molar-refractivity contribution in [2.75, 3.05) is 22.4 Å². The van der Waals surface area contributed by atoms with Crippen molar-refractivity contribution >= 4 is 50.5 Å². The molecule has 1 amide bonds. The average molecular weight is 465 g/mol. The minimum absolute atomic E-state index is 0.128. The predicted molar refractivity (Wildman–Crippen MR) is 120 cm³/mol. The van der Waals surface area contributed by atoms with Gasteiger partial charge in [0.1, 0.15) is 18.0 Å². The molecular formula is C21H18Cl2N2O4S. The van der Waals surface area contributed by atoms with Crippen molar-refractivity contribution < 1.29 is 17.9 Å². The van der Waals surface area contributed by atoms with E-state index in [2.05, 4.69) is 5.32 Å². The number of ether oxygens (including phenoxy) is 1. The van der Waals surface area contributed by atoms with E-state index in [0.29, 0.717) is 22.2 Å². The lowest BCUT2D eigenvalue weighted by Crippen LogP contribution is -2.37. The number of sulfonamides is 1. The van der Waals surface area contributed by atoms with E-state index < -0.39 is 22.5 Å². The fourth-order valence-electron chi connectivity index (χ4n) is 2.63. The molecule has 0 fully saturated rings. The maximum Gasteiger partial charge on any atom is 0.245 e. The van der Waals surface area contributed by atoms with Crippen LogP contribution >= 0.6 is 23.2 Å². The quantitative estimate of drug-likeness (QED) is 0.521. The van der Waals surface area contributed by atoms with Crippen LogP contribution in [0.5, 0.6) is 11.5 Å². The Labute approximate surface area is 185 Å². The first-order chi connectivity index (χ1) is 14.2. The molecule has 0 bridgehead atoms. The second-order valence-electron chi connectivity index (χ2n) is 6.35. The fraction of sp³-hybridized carbons (Fsp3) is 0.0952. The highest BCUT2D eigenvalue weighted by atomic mass is 35.5. The number of halogens is 2. The maximum atomic E-state index is 12.5. The van der Waals surface area contributed by atoms with Gasteiger partial charge in [-0.1, -0.05) is 41.4 Å². The average Bonchev–Trinajstić information content (AvgIpc) is 2.68. The Morgan fingerprint density at radius 1 is 0.967 bits per heavy atom. The number of nitrogens with zero attached hydrogens (tertiary/aromatic N) is 1. The first-order valence-corrected chi connectivity index (χ1v) is 11.4. The van der Waals surface area contributed by atoms with Crippen LogP contribution in [0.2, 0.25) is 10.0 Å². The normalized spacial score (nSPS) is 11.0. The van der Waals surface area contributed by atoms with Gasteiger partial charge in [-0.05, 0) is 54.6 Å². The van der Waals surface area contributed by atoms with Gasteiger partial charge in [-0.2, -0.15) is 0 Å². The zero-order valence-electron chi connectivity index (χ0n) is 15.9. The summed E-state index contributed by atoms with van der Waals surface area (Å²) in [6.07, 6.45) is 1.00. The second kappa shape index (κ2) is 9.38. The van der Waals surface area contributed by atoms with E-state index in [9.17, 15) is 13.2 Å². The Balaban J connectivity index is 1.69. The number of anilines is 2. The smallest absolute Gasteiger partial charge is 0.245 e. The molecule has 3 aromatic rings. The molecule has 0 spiro atoms. The number of hydrogen-bond donors (Lipinski definition) is 1. The van der Waals surface area contributed by atoms with Crippen molar-refractivity contribution in [2.45, 2.75) is 0 Å². The second-order valence-corrected chi connectivity index (χ2v) is 9.10. The Bertz CT molecular complexity index is 1140. The van der Waals surface area contributed by atoms with Gasteiger partial charge in [0, 0.05) is 10.7 Å². The fourth-order valence-corrected chi connectivity index (χ4v) is 4.06. The number of carbonyl (C=O) groups excluding carboxylic acids is 1. The van der Waals surface area contributed by atoms with Crippen LogP contribution in [-0.2, 0) is 14.8 Å². The van der Waals surface area contributed by atoms with Crippen LogP contribution in [0.1, 0.15) is 0 Å². The van der Waals surface area contributed by atoms with E-state index in [0.717, 1.165) is 10.6 Å². The van der Waals surface area contributed by atoms with Crippen molar-refractivity contribution in [3.05, 3.63) is 82.8 Å². The molecule has 0 unspecified atom stereocenters. The highest BCUT2D eigenvalue weighted by Gasteiger charge is 2.23. The van der Waals surface area contributed by atoms with Gasteiger partial charge in [0.25, 0.3) is 0 Å². The molecular weight excluding hydrogens is 447 g/mol.